The maximum atomic E-state index is 12.3. The Hall–Kier alpha value is -1.62. The van der Waals surface area contributed by atoms with E-state index in [4.69, 9.17) is 5.11 Å². The van der Waals surface area contributed by atoms with Crippen molar-refractivity contribution < 1.29 is 14.7 Å². The van der Waals surface area contributed by atoms with E-state index < -0.39 is 5.97 Å². The summed E-state index contributed by atoms with van der Waals surface area (Å²) in [5.74, 6) is -0.979. The topological polar surface area (TPSA) is 57.6 Å². The van der Waals surface area contributed by atoms with Crippen LogP contribution in [0.15, 0.2) is 18.2 Å². The van der Waals surface area contributed by atoms with E-state index in [1.807, 2.05) is 18.7 Å². The SMILES string of the molecule is CCC(C)N(CC)C(=O)c1ccc(/C=C/C(=O)O)s1. The second-order valence-electron chi connectivity index (χ2n) is 4.22. The van der Waals surface area contributed by atoms with Crippen molar-refractivity contribution in [3.05, 3.63) is 28.0 Å². The Bertz CT molecular complexity index is 479. The Kier molecular flexibility index (Phi) is 5.76. The first kappa shape index (κ1) is 15.4. The van der Waals surface area contributed by atoms with E-state index in [1.165, 1.54) is 17.4 Å². The van der Waals surface area contributed by atoms with Crippen molar-refractivity contribution in [2.75, 3.05) is 6.54 Å². The summed E-state index contributed by atoms with van der Waals surface area (Å²) in [5.41, 5.74) is 0. The molecule has 0 saturated carbocycles. The lowest BCUT2D eigenvalue weighted by Crippen LogP contribution is -2.37. The number of aliphatic carboxylic acids is 1. The molecule has 4 nitrogen and oxygen atoms in total. The molecule has 5 heteroatoms. The molecular formula is C14H19NO3S. The number of carbonyl (C=O) groups excluding carboxylic acids is 1. The van der Waals surface area contributed by atoms with Gasteiger partial charge in [0.1, 0.15) is 0 Å². The molecule has 1 N–H and O–H groups in total. The van der Waals surface area contributed by atoms with Gasteiger partial charge in [-0.3, -0.25) is 4.79 Å². The number of carboxylic acid groups (broad SMARTS) is 1. The van der Waals surface area contributed by atoms with Crippen LogP contribution in [0.2, 0.25) is 0 Å². The molecule has 104 valence electrons. The smallest absolute Gasteiger partial charge is 0.328 e. The fourth-order valence-corrected chi connectivity index (χ4v) is 2.59. The van der Waals surface area contributed by atoms with Gasteiger partial charge >= 0.3 is 5.97 Å². The Labute approximate surface area is 117 Å². The fraction of sp³-hybridized carbons (Fsp3) is 0.429. The van der Waals surface area contributed by atoms with Crippen LogP contribution in [0.3, 0.4) is 0 Å². The lowest BCUT2D eigenvalue weighted by molar-refractivity contribution is -0.131. The van der Waals surface area contributed by atoms with Crippen molar-refractivity contribution in [2.24, 2.45) is 0 Å². The maximum absolute atomic E-state index is 12.3. The van der Waals surface area contributed by atoms with E-state index >= 15 is 0 Å². The van der Waals surface area contributed by atoms with Gasteiger partial charge in [-0.25, -0.2) is 4.79 Å². The van der Waals surface area contributed by atoms with Crippen molar-refractivity contribution in [3.8, 4) is 0 Å². The summed E-state index contributed by atoms with van der Waals surface area (Å²) in [6.45, 7) is 6.71. The molecule has 0 aliphatic heterocycles. The lowest BCUT2D eigenvalue weighted by atomic mass is 10.2. The first-order chi connectivity index (χ1) is 8.99. The fourth-order valence-electron chi connectivity index (χ4n) is 1.73. The molecular weight excluding hydrogens is 262 g/mol. The third kappa shape index (κ3) is 4.21. The van der Waals surface area contributed by atoms with E-state index in [9.17, 15) is 9.59 Å². The highest BCUT2D eigenvalue weighted by Gasteiger charge is 2.19. The molecule has 0 bridgehead atoms. The Morgan fingerprint density at radius 2 is 2.11 bits per heavy atom. The lowest BCUT2D eigenvalue weighted by Gasteiger charge is -2.26. The second kappa shape index (κ2) is 7.09. The molecule has 0 fully saturated rings. The van der Waals surface area contributed by atoms with Gasteiger partial charge in [-0.05, 0) is 38.5 Å². The van der Waals surface area contributed by atoms with E-state index in [2.05, 4.69) is 6.92 Å². The minimum Gasteiger partial charge on any atom is -0.478 e. The summed E-state index contributed by atoms with van der Waals surface area (Å²) in [6, 6.07) is 3.72. The van der Waals surface area contributed by atoms with Crippen LogP contribution in [-0.4, -0.2) is 34.5 Å². The second-order valence-corrected chi connectivity index (χ2v) is 5.34. The number of carbonyl (C=O) groups is 2. The largest absolute Gasteiger partial charge is 0.478 e. The third-order valence-corrected chi connectivity index (χ3v) is 3.99. The van der Waals surface area contributed by atoms with Gasteiger partial charge in [0, 0.05) is 23.5 Å². The van der Waals surface area contributed by atoms with Gasteiger partial charge in [0.2, 0.25) is 0 Å². The number of rotatable bonds is 6. The number of carboxylic acids is 1. The van der Waals surface area contributed by atoms with Crippen molar-refractivity contribution in [3.63, 3.8) is 0 Å². The summed E-state index contributed by atoms with van der Waals surface area (Å²) in [6.07, 6.45) is 3.49. The van der Waals surface area contributed by atoms with Crippen molar-refractivity contribution in [1.82, 2.24) is 4.90 Å². The van der Waals surface area contributed by atoms with Crippen LogP contribution in [0.25, 0.3) is 6.08 Å². The molecule has 0 aromatic carbocycles. The van der Waals surface area contributed by atoms with Crippen LogP contribution in [0.4, 0.5) is 0 Å². The molecule has 0 aliphatic carbocycles. The normalized spacial score (nSPS) is 12.6. The quantitative estimate of drug-likeness (QED) is 0.815. The van der Waals surface area contributed by atoms with Crippen LogP contribution >= 0.6 is 11.3 Å². The Morgan fingerprint density at radius 1 is 1.42 bits per heavy atom. The van der Waals surface area contributed by atoms with E-state index in [-0.39, 0.29) is 11.9 Å². The zero-order valence-electron chi connectivity index (χ0n) is 11.4. The number of hydrogen-bond donors (Lipinski definition) is 1. The zero-order chi connectivity index (χ0) is 14.4. The molecule has 0 spiro atoms. The van der Waals surface area contributed by atoms with Crippen LogP contribution in [0, 0.1) is 0 Å². The van der Waals surface area contributed by atoms with Gasteiger partial charge in [0.15, 0.2) is 0 Å². The molecule has 1 aromatic rings. The van der Waals surface area contributed by atoms with Gasteiger partial charge < -0.3 is 10.0 Å². The predicted molar refractivity (Wildman–Crippen MR) is 77.5 cm³/mol. The number of amides is 1. The van der Waals surface area contributed by atoms with Gasteiger partial charge in [-0.1, -0.05) is 6.92 Å². The molecule has 0 radical (unpaired) electrons. The highest BCUT2D eigenvalue weighted by molar-refractivity contribution is 7.14. The summed E-state index contributed by atoms with van der Waals surface area (Å²) < 4.78 is 0. The standard InChI is InChI=1S/C14H19NO3S/c1-4-10(3)15(5-2)14(18)12-8-6-11(19-12)7-9-13(16)17/h6-10H,4-5H2,1-3H3,(H,16,17)/b9-7+. The van der Waals surface area contributed by atoms with Crippen LogP contribution in [0.1, 0.15) is 41.7 Å². The molecule has 1 atom stereocenters. The molecule has 19 heavy (non-hydrogen) atoms. The summed E-state index contributed by atoms with van der Waals surface area (Å²) in [5, 5.41) is 8.56. The number of hydrogen-bond acceptors (Lipinski definition) is 3. The monoisotopic (exact) mass is 281 g/mol. The summed E-state index contributed by atoms with van der Waals surface area (Å²) in [7, 11) is 0. The minimum atomic E-state index is -0.990. The van der Waals surface area contributed by atoms with Crippen LogP contribution in [0.5, 0.6) is 0 Å². The van der Waals surface area contributed by atoms with E-state index in [0.29, 0.717) is 11.4 Å². The predicted octanol–water partition coefficient (Wildman–Crippen LogP) is 3.11. The van der Waals surface area contributed by atoms with E-state index in [0.717, 1.165) is 17.4 Å². The van der Waals surface area contributed by atoms with Crippen molar-refractivity contribution in [2.45, 2.75) is 33.2 Å². The number of nitrogens with zero attached hydrogens (tertiary/aromatic N) is 1. The van der Waals surface area contributed by atoms with Crippen LogP contribution < -0.4 is 0 Å². The van der Waals surface area contributed by atoms with Gasteiger partial charge in [0.25, 0.3) is 5.91 Å². The van der Waals surface area contributed by atoms with Gasteiger partial charge in [0.05, 0.1) is 4.88 Å². The minimum absolute atomic E-state index is 0.0109. The highest BCUT2D eigenvalue weighted by atomic mass is 32.1. The molecule has 1 rings (SSSR count). The first-order valence-corrected chi connectivity index (χ1v) is 7.13. The van der Waals surface area contributed by atoms with Crippen LogP contribution in [-0.2, 0) is 4.79 Å². The average Bonchev–Trinajstić information content (AvgIpc) is 2.85. The van der Waals surface area contributed by atoms with E-state index in [1.54, 1.807) is 12.1 Å². The van der Waals surface area contributed by atoms with Gasteiger partial charge in [-0.15, -0.1) is 11.3 Å². The molecule has 1 unspecified atom stereocenters. The molecule has 0 aliphatic rings. The third-order valence-electron chi connectivity index (χ3n) is 2.95. The molecule has 1 amide bonds. The summed E-state index contributed by atoms with van der Waals surface area (Å²) >= 11 is 1.31. The van der Waals surface area contributed by atoms with Crippen molar-refractivity contribution in [1.29, 1.82) is 0 Å². The number of thiophene rings is 1. The summed E-state index contributed by atoms with van der Waals surface area (Å²) in [4.78, 5) is 26.0. The molecule has 1 heterocycles. The zero-order valence-corrected chi connectivity index (χ0v) is 12.2. The van der Waals surface area contributed by atoms with Gasteiger partial charge in [-0.2, -0.15) is 0 Å². The Morgan fingerprint density at radius 3 is 2.63 bits per heavy atom. The maximum Gasteiger partial charge on any atom is 0.328 e. The Balaban J connectivity index is 2.85. The molecule has 1 aromatic heterocycles. The van der Waals surface area contributed by atoms with Crippen molar-refractivity contribution >= 4 is 29.3 Å². The first-order valence-electron chi connectivity index (χ1n) is 6.31. The average molecular weight is 281 g/mol. The highest BCUT2D eigenvalue weighted by Crippen LogP contribution is 2.21. The molecule has 0 saturated heterocycles.